The molecule has 2 amide bonds. The lowest BCUT2D eigenvalue weighted by Crippen LogP contribution is -2.38. The van der Waals surface area contributed by atoms with Crippen molar-refractivity contribution in [1.82, 2.24) is 0 Å². The Bertz CT molecular complexity index is 1370. The molecule has 3 rings (SSSR count). The molecular formula is C26H28ClN3O5S. The first kappa shape index (κ1) is 27.0. The van der Waals surface area contributed by atoms with Crippen LogP contribution < -0.4 is 19.7 Å². The summed E-state index contributed by atoms with van der Waals surface area (Å²) in [4.78, 5) is 24.3. The van der Waals surface area contributed by atoms with Crippen molar-refractivity contribution < 1.29 is 22.7 Å². The summed E-state index contributed by atoms with van der Waals surface area (Å²) >= 11 is 6.25. The fourth-order valence-electron chi connectivity index (χ4n) is 3.51. The molecule has 3 aromatic carbocycles. The molecular weight excluding hydrogens is 502 g/mol. The Balaban J connectivity index is 1.96. The van der Waals surface area contributed by atoms with Crippen LogP contribution in [0.3, 0.4) is 0 Å². The highest BCUT2D eigenvalue weighted by atomic mass is 35.5. The number of aryl methyl sites for hydroxylation is 1. The summed E-state index contributed by atoms with van der Waals surface area (Å²) in [6.07, 6.45) is 0. The second kappa shape index (κ2) is 11.5. The number of halogens is 1. The Hall–Kier alpha value is -3.56. The van der Waals surface area contributed by atoms with E-state index in [1.807, 2.05) is 19.9 Å². The molecule has 2 N–H and O–H groups in total. The molecule has 0 saturated carbocycles. The van der Waals surface area contributed by atoms with Gasteiger partial charge in [-0.05, 0) is 80.4 Å². The smallest absolute Gasteiger partial charge is 0.264 e. The van der Waals surface area contributed by atoms with Crippen LogP contribution in [0.2, 0.25) is 5.02 Å². The molecule has 0 aliphatic heterocycles. The van der Waals surface area contributed by atoms with Crippen molar-refractivity contribution in [2.24, 2.45) is 0 Å². The third-order valence-electron chi connectivity index (χ3n) is 5.42. The van der Waals surface area contributed by atoms with Gasteiger partial charge in [-0.25, -0.2) is 8.42 Å². The number of rotatable bonds is 9. The molecule has 0 aromatic heterocycles. The van der Waals surface area contributed by atoms with Crippen molar-refractivity contribution >= 4 is 50.5 Å². The highest BCUT2D eigenvalue weighted by Crippen LogP contribution is 2.32. The second-order valence-electron chi connectivity index (χ2n) is 8.06. The van der Waals surface area contributed by atoms with Crippen LogP contribution in [0.4, 0.5) is 17.1 Å². The number of nitrogens with one attached hydrogen (secondary N) is 2. The van der Waals surface area contributed by atoms with Crippen molar-refractivity contribution in [2.45, 2.75) is 32.6 Å². The number of ether oxygens (including phenoxy) is 1. The summed E-state index contributed by atoms with van der Waals surface area (Å²) in [7, 11) is -4.21. The van der Waals surface area contributed by atoms with Gasteiger partial charge < -0.3 is 15.4 Å². The van der Waals surface area contributed by atoms with Crippen molar-refractivity contribution in [3.63, 3.8) is 0 Å². The predicted octanol–water partition coefficient (Wildman–Crippen LogP) is 5.15. The van der Waals surface area contributed by atoms with E-state index >= 15 is 0 Å². The van der Waals surface area contributed by atoms with Gasteiger partial charge >= 0.3 is 0 Å². The topological polar surface area (TPSA) is 105 Å². The Morgan fingerprint density at radius 2 is 1.69 bits per heavy atom. The number of carbonyl (C=O) groups is 2. The minimum atomic E-state index is -4.21. The van der Waals surface area contributed by atoms with E-state index in [4.69, 9.17) is 16.3 Å². The Morgan fingerprint density at radius 1 is 1.00 bits per heavy atom. The summed E-state index contributed by atoms with van der Waals surface area (Å²) in [6, 6.07) is 16.1. The fourth-order valence-corrected chi connectivity index (χ4v) is 5.31. The van der Waals surface area contributed by atoms with Crippen molar-refractivity contribution in [2.75, 3.05) is 28.1 Å². The number of nitrogens with zero attached hydrogens (tertiary/aromatic N) is 1. The van der Waals surface area contributed by atoms with Crippen LogP contribution in [-0.4, -0.2) is 33.4 Å². The van der Waals surface area contributed by atoms with E-state index in [9.17, 15) is 18.0 Å². The van der Waals surface area contributed by atoms with Crippen LogP contribution in [0.15, 0.2) is 65.6 Å². The second-order valence-corrected chi connectivity index (χ2v) is 10.3. The van der Waals surface area contributed by atoms with Gasteiger partial charge in [0, 0.05) is 12.6 Å². The average molecular weight is 530 g/mol. The highest BCUT2D eigenvalue weighted by molar-refractivity contribution is 7.92. The Labute approximate surface area is 216 Å². The van der Waals surface area contributed by atoms with Crippen LogP contribution in [-0.2, 0) is 19.6 Å². The zero-order chi connectivity index (χ0) is 26.5. The lowest BCUT2D eigenvalue weighted by atomic mass is 10.1. The monoisotopic (exact) mass is 529 g/mol. The molecule has 36 heavy (non-hydrogen) atoms. The van der Waals surface area contributed by atoms with Gasteiger partial charge in [-0.1, -0.05) is 23.7 Å². The number of benzene rings is 3. The molecule has 10 heteroatoms. The maximum Gasteiger partial charge on any atom is 0.264 e. The van der Waals surface area contributed by atoms with Gasteiger partial charge in [-0.3, -0.25) is 13.9 Å². The maximum absolute atomic E-state index is 13.8. The molecule has 0 bridgehead atoms. The quantitative estimate of drug-likeness (QED) is 0.399. The lowest BCUT2D eigenvalue weighted by Gasteiger charge is -2.26. The zero-order valence-electron chi connectivity index (χ0n) is 20.5. The van der Waals surface area contributed by atoms with E-state index in [1.165, 1.54) is 25.1 Å². The van der Waals surface area contributed by atoms with E-state index in [-0.39, 0.29) is 21.5 Å². The average Bonchev–Trinajstić information content (AvgIpc) is 2.82. The first-order chi connectivity index (χ1) is 17.0. The van der Waals surface area contributed by atoms with Gasteiger partial charge in [0.25, 0.3) is 10.0 Å². The van der Waals surface area contributed by atoms with Crippen LogP contribution >= 0.6 is 11.6 Å². The maximum atomic E-state index is 13.8. The van der Waals surface area contributed by atoms with Crippen LogP contribution in [0, 0.1) is 13.8 Å². The van der Waals surface area contributed by atoms with Crippen LogP contribution in [0.1, 0.15) is 25.0 Å². The van der Waals surface area contributed by atoms with Gasteiger partial charge in [0.15, 0.2) is 0 Å². The zero-order valence-corrected chi connectivity index (χ0v) is 22.0. The largest absolute Gasteiger partial charge is 0.494 e. The number of amides is 2. The third kappa shape index (κ3) is 6.35. The van der Waals surface area contributed by atoms with Gasteiger partial charge in [-0.15, -0.1) is 0 Å². The summed E-state index contributed by atoms with van der Waals surface area (Å²) in [6.45, 7) is 6.91. The number of hydrogen-bond acceptors (Lipinski definition) is 5. The summed E-state index contributed by atoms with van der Waals surface area (Å²) < 4.78 is 34.0. The molecule has 0 saturated heterocycles. The third-order valence-corrected chi connectivity index (χ3v) is 7.49. The molecule has 8 nitrogen and oxygen atoms in total. The number of carbonyl (C=O) groups excluding carboxylic acids is 2. The molecule has 0 aliphatic carbocycles. The molecule has 0 fully saturated rings. The number of anilines is 3. The molecule has 190 valence electrons. The Morgan fingerprint density at radius 3 is 2.31 bits per heavy atom. The van der Waals surface area contributed by atoms with E-state index in [2.05, 4.69) is 10.6 Å². The van der Waals surface area contributed by atoms with Gasteiger partial charge in [0.1, 0.15) is 12.3 Å². The molecule has 0 radical (unpaired) electrons. The fraction of sp³-hybridized carbons (Fsp3) is 0.231. The van der Waals surface area contributed by atoms with Crippen molar-refractivity contribution in [3.05, 3.63) is 76.8 Å². The number of hydrogen-bond donors (Lipinski definition) is 2. The van der Waals surface area contributed by atoms with Crippen LogP contribution in [0.25, 0.3) is 0 Å². The number of sulfonamides is 1. The molecule has 0 atom stereocenters. The molecule has 0 heterocycles. The van der Waals surface area contributed by atoms with E-state index in [0.29, 0.717) is 23.7 Å². The minimum Gasteiger partial charge on any atom is -0.494 e. The molecule has 0 spiro atoms. The van der Waals surface area contributed by atoms with Crippen molar-refractivity contribution in [1.29, 1.82) is 0 Å². The lowest BCUT2D eigenvalue weighted by molar-refractivity contribution is -0.115. The Kier molecular flexibility index (Phi) is 8.60. The molecule has 0 unspecified atom stereocenters. The summed E-state index contributed by atoms with van der Waals surface area (Å²) in [5.74, 6) is -0.199. The summed E-state index contributed by atoms with van der Waals surface area (Å²) in [5.41, 5.74) is 2.76. The molecule has 3 aromatic rings. The van der Waals surface area contributed by atoms with Gasteiger partial charge in [0.05, 0.1) is 27.9 Å². The minimum absolute atomic E-state index is 0.0611. The standard InChI is InChI=1S/C26H28ClN3O5S/c1-5-35-21-11-9-20(10-12-21)29-26(32)16-30(25-8-6-7-17(2)18(25)3)36(33,34)22-13-14-24(23(27)15-22)28-19(4)31/h6-15H,5,16H2,1-4H3,(H,28,31)(H,29,32). The SMILES string of the molecule is CCOc1ccc(NC(=O)CN(c2cccc(C)c2C)S(=O)(=O)c2ccc(NC(C)=O)c(Cl)c2)cc1. The predicted molar refractivity (Wildman–Crippen MR) is 142 cm³/mol. The normalized spacial score (nSPS) is 11.0. The highest BCUT2D eigenvalue weighted by Gasteiger charge is 2.29. The van der Waals surface area contributed by atoms with E-state index in [0.717, 1.165) is 15.4 Å². The van der Waals surface area contributed by atoms with Crippen LogP contribution in [0.5, 0.6) is 5.75 Å². The molecule has 0 aliphatic rings. The van der Waals surface area contributed by atoms with Gasteiger partial charge in [0.2, 0.25) is 11.8 Å². The van der Waals surface area contributed by atoms with E-state index < -0.39 is 22.5 Å². The van der Waals surface area contributed by atoms with Gasteiger partial charge in [-0.2, -0.15) is 0 Å². The first-order valence-corrected chi connectivity index (χ1v) is 13.0. The van der Waals surface area contributed by atoms with Crippen molar-refractivity contribution in [3.8, 4) is 5.75 Å². The first-order valence-electron chi connectivity index (χ1n) is 11.2. The van der Waals surface area contributed by atoms with E-state index in [1.54, 1.807) is 43.3 Å². The summed E-state index contributed by atoms with van der Waals surface area (Å²) in [5, 5.41) is 5.35.